The Hall–Kier alpha value is -2.42. The molecule has 2 aliphatic rings. The minimum absolute atomic E-state index is 0.234. The molecule has 9 nitrogen and oxygen atoms in total. The summed E-state index contributed by atoms with van der Waals surface area (Å²) in [4.78, 5) is 36.5. The van der Waals surface area contributed by atoms with Gasteiger partial charge in [-0.1, -0.05) is 6.92 Å². The highest BCUT2D eigenvalue weighted by molar-refractivity contribution is 6.03. The van der Waals surface area contributed by atoms with Gasteiger partial charge in [-0.05, 0) is 19.3 Å². The van der Waals surface area contributed by atoms with E-state index in [0.29, 0.717) is 19.4 Å². The monoisotopic (exact) mass is 350 g/mol. The van der Waals surface area contributed by atoms with Crippen LogP contribution in [0.4, 0.5) is 5.69 Å². The molecule has 2 bridgehead atoms. The van der Waals surface area contributed by atoms with Crippen LogP contribution in [-0.2, 0) is 21.4 Å². The van der Waals surface area contributed by atoms with Crippen LogP contribution in [0.1, 0.15) is 36.7 Å². The van der Waals surface area contributed by atoms with Gasteiger partial charge in [0.2, 0.25) is 5.91 Å². The van der Waals surface area contributed by atoms with Crippen molar-refractivity contribution >= 4 is 23.5 Å². The molecule has 0 aliphatic carbocycles. The maximum Gasteiger partial charge on any atom is 0.310 e. The summed E-state index contributed by atoms with van der Waals surface area (Å²) in [6.45, 7) is 2.45. The van der Waals surface area contributed by atoms with Crippen molar-refractivity contribution in [2.24, 2.45) is 18.9 Å². The van der Waals surface area contributed by atoms with Crippen molar-refractivity contribution in [3.8, 4) is 0 Å². The summed E-state index contributed by atoms with van der Waals surface area (Å²) in [5.74, 6) is -3.43. The lowest BCUT2D eigenvalue weighted by Crippen LogP contribution is -2.41. The number of aryl methyl sites for hydroxylation is 1. The van der Waals surface area contributed by atoms with Gasteiger partial charge in [0.1, 0.15) is 5.69 Å². The molecule has 3 N–H and O–H groups in total. The number of hydrogen-bond acceptors (Lipinski definition) is 5. The molecule has 3 heterocycles. The Morgan fingerprint density at radius 2 is 2.00 bits per heavy atom. The fourth-order valence-electron chi connectivity index (χ4n) is 3.66. The first-order chi connectivity index (χ1) is 11.9. The molecule has 1 aromatic rings. The number of carbonyl (C=O) groups excluding carboxylic acids is 2. The second kappa shape index (κ2) is 6.83. The lowest BCUT2D eigenvalue weighted by atomic mass is 9.78. The third-order valence-electron chi connectivity index (χ3n) is 4.81. The number of carboxylic acid groups (broad SMARTS) is 1. The lowest BCUT2D eigenvalue weighted by molar-refractivity contribution is -0.147. The molecule has 2 aliphatic heterocycles. The van der Waals surface area contributed by atoms with Gasteiger partial charge in [0.05, 0.1) is 35.9 Å². The third-order valence-corrected chi connectivity index (χ3v) is 4.81. The van der Waals surface area contributed by atoms with Crippen molar-refractivity contribution in [3.05, 3.63) is 11.9 Å². The Bertz CT molecular complexity index is 701. The number of aromatic nitrogens is 2. The zero-order valence-corrected chi connectivity index (χ0v) is 14.2. The number of ether oxygens (including phenoxy) is 1. The van der Waals surface area contributed by atoms with Gasteiger partial charge < -0.3 is 20.5 Å². The Morgan fingerprint density at radius 3 is 2.64 bits per heavy atom. The predicted molar refractivity (Wildman–Crippen MR) is 87.0 cm³/mol. The average Bonchev–Trinajstić information content (AvgIpc) is 3.26. The van der Waals surface area contributed by atoms with Gasteiger partial charge in [-0.3, -0.25) is 19.1 Å². The Morgan fingerprint density at radius 1 is 1.32 bits per heavy atom. The average molecular weight is 350 g/mol. The second-order valence-corrected chi connectivity index (χ2v) is 6.46. The number of aliphatic carboxylic acids is 1. The molecule has 1 aromatic heterocycles. The number of nitrogens with zero attached hydrogens (tertiary/aromatic N) is 2. The number of nitrogens with one attached hydrogen (secondary N) is 2. The van der Waals surface area contributed by atoms with Gasteiger partial charge in [0.25, 0.3) is 5.91 Å². The molecule has 2 fully saturated rings. The lowest BCUT2D eigenvalue weighted by Gasteiger charge is -2.23. The van der Waals surface area contributed by atoms with Crippen LogP contribution in [0, 0.1) is 11.8 Å². The van der Waals surface area contributed by atoms with Crippen LogP contribution >= 0.6 is 0 Å². The van der Waals surface area contributed by atoms with E-state index in [1.54, 1.807) is 7.05 Å². The SMILES string of the molecule is CCCNC(=O)c1c(NC(=O)[C@H]2[C@@H](C(=O)O)[C@@H]3CC[C@@H]2O3)cnn1C. The Labute approximate surface area is 144 Å². The van der Waals surface area contributed by atoms with E-state index in [4.69, 9.17) is 4.74 Å². The third kappa shape index (κ3) is 3.11. The number of rotatable bonds is 6. The van der Waals surface area contributed by atoms with Crippen molar-refractivity contribution in [1.29, 1.82) is 0 Å². The van der Waals surface area contributed by atoms with E-state index in [1.165, 1.54) is 10.9 Å². The number of anilines is 1. The first kappa shape index (κ1) is 17.4. The van der Waals surface area contributed by atoms with Crippen molar-refractivity contribution < 1.29 is 24.2 Å². The Balaban J connectivity index is 1.77. The summed E-state index contributed by atoms with van der Waals surface area (Å²) >= 11 is 0. The summed E-state index contributed by atoms with van der Waals surface area (Å²) in [6.07, 6.45) is 2.70. The minimum atomic E-state index is -1.03. The van der Waals surface area contributed by atoms with Crippen molar-refractivity contribution in [1.82, 2.24) is 15.1 Å². The smallest absolute Gasteiger partial charge is 0.310 e. The van der Waals surface area contributed by atoms with Crippen LogP contribution in [0.25, 0.3) is 0 Å². The highest BCUT2D eigenvalue weighted by atomic mass is 16.5. The number of fused-ring (bicyclic) bond motifs is 2. The normalized spacial score (nSPS) is 27.3. The summed E-state index contributed by atoms with van der Waals surface area (Å²) in [7, 11) is 1.61. The van der Waals surface area contributed by atoms with Gasteiger partial charge in [-0.2, -0.15) is 5.10 Å². The standard InChI is InChI=1S/C16H22N4O5/c1-3-6-17-15(22)13-8(7-18-20(13)2)19-14(21)11-9-4-5-10(25-9)12(11)16(23)24/h7,9-12H,3-6H2,1-2H3,(H,17,22)(H,19,21)(H,23,24)/t9-,10-,11+,12-/m0/s1. The molecule has 3 rings (SSSR count). The highest BCUT2D eigenvalue weighted by Crippen LogP contribution is 2.44. The molecule has 0 unspecified atom stereocenters. The largest absolute Gasteiger partial charge is 0.481 e. The van der Waals surface area contributed by atoms with Crippen LogP contribution in [0.3, 0.4) is 0 Å². The van der Waals surface area contributed by atoms with E-state index in [2.05, 4.69) is 15.7 Å². The summed E-state index contributed by atoms with van der Waals surface area (Å²) < 4.78 is 6.99. The van der Waals surface area contributed by atoms with Crippen LogP contribution < -0.4 is 10.6 Å². The zero-order chi connectivity index (χ0) is 18.1. The molecule has 25 heavy (non-hydrogen) atoms. The van der Waals surface area contributed by atoms with Crippen molar-refractivity contribution in [2.45, 2.75) is 38.4 Å². The first-order valence-electron chi connectivity index (χ1n) is 8.43. The van der Waals surface area contributed by atoms with Gasteiger partial charge in [0.15, 0.2) is 0 Å². The van der Waals surface area contributed by atoms with Crippen LogP contribution in [0.5, 0.6) is 0 Å². The topological polar surface area (TPSA) is 123 Å². The Kier molecular flexibility index (Phi) is 4.76. The maximum atomic E-state index is 12.7. The number of carboxylic acids is 1. The molecule has 2 amide bonds. The fourth-order valence-corrected chi connectivity index (χ4v) is 3.66. The predicted octanol–water partition coefficient (Wildman–Crippen LogP) is 0.377. The molecule has 0 spiro atoms. The first-order valence-corrected chi connectivity index (χ1v) is 8.43. The van der Waals surface area contributed by atoms with Gasteiger partial charge in [-0.25, -0.2) is 0 Å². The molecule has 0 radical (unpaired) electrons. The summed E-state index contributed by atoms with van der Waals surface area (Å²) in [5, 5.41) is 18.9. The molecular formula is C16H22N4O5. The van der Waals surface area contributed by atoms with Gasteiger partial charge >= 0.3 is 5.97 Å². The summed E-state index contributed by atoms with van der Waals surface area (Å²) in [6, 6.07) is 0. The number of amides is 2. The maximum absolute atomic E-state index is 12.7. The van der Waals surface area contributed by atoms with Gasteiger partial charge in [-0.15, -0.1) is 0 Å². The highest BCUT2D eigenvalue weighted by Gasteiger charge is 2.55. The van der Waals surface area contributed by atoms with Crippen molar-refractivity contribution in [3.63, 3.8) is 0 Å². The minimum Gasteiger partial charge on any atom is -0.481 e. The zero-order valence-electron chi connectivity index (χ0n) is 14.2. The van der Waals surface area contributed by atoms with E-state index < -0.39 is 29.8 Å². The van der Waals surface area contributed by atoms with E-state index in [-0.39, 0.29) is 23.4 Å². The fraction of sp³-hybridized carbons (Fsp3) is 0.625. The molecular weight excluding hydrogens is 328 g/mol. The van der Waals surface area contributed by atoms with Gasteiger partial charge in [0, 0.05) is 13.6 Å². The molecule has 9 heteroatoms. The number of hydrogen-bond donors (Lipinski definition) is 3. The van der Waals surface area contributed by atoms with E-state index in [9.17, 15) is 19.5 Å². The second-order valence-electron chi connectivity index (χ2n) is 6.46. The number of carbonyl (C=O) groups is 3. The molecule has 136 valence electrons. The van der Waals surface area contributed by atoms with Crippen molar-refractivity contribution in [2.75, 3.05) is 11.9 Å². The molecule has 2 saturated heterocycles. The summed E-state index contributed by atoms with van der Waals surface area (Å²) in [5.41, 5.74) is 0.505. The van der Waals surface area contributed by atoms with E-state index in [0.717, 1.165) is 6.42 Å². The van der Waals surface area contributed by atoms with E-state index >= 15 is 0 Å². The van der Waals surface area contributed by atoms with Crippen LogP contribution in [0.15, 0.2) is 6.20 Å². The van der Waals surface area contributed by atoms with E-state index in [1.807, 2.05) is 6.92 Å². The molecule has 0 aromatic carbocycles. The molecule has 0 saturated carbocycles. The molecule has 4 atom stereocenters. The quantitative estimate of drug-likeness (QED) is 0.681. The van der Waals surface area contributed by atoms with Crippen LogP contribution in [-0.4, -0.2) is 51.4 Å². The van der Waals surface area contributed by atoms with Crippen LogP contribution in [0.2, 0.25) is 0 Å².